The third-order valence-corrected chi connectivity index (χ3v) is 11.5. The normalized spacial score (nSPS) is 10.9. The topological polar surface area (TPSA) is 323 Å². The first-order chi connectivity index (χ1) is 32.8. The van der Waals surface area contributed by atoms with E-state index in [2.05, 4.69) is 37.1 Å². The van der Waals surface area contributed by atoms with E-state index >= 15 is 0 Å². The van der Waals surface area contributed by atoms with Crippen molar-refractivity contribution in [3.8, 4) is 74.5 Å². The van der Waals surface area contributed by atoms with E-state index in [4.69, 9.17) is 28.1 Å². The molecule has 0 saturated carbocycles. The molecule has 0 fully saturated rings. The molecule has 68 heavy (non-hydrogen) atoms. The smallest absolute Gasteiger partial charge is 0.416 e. The van der Waals surface area contributed by atoms with E-state index in [1.54, 1.807) is 43.5 Å². The van der Waals surface area contributed by atoms with Crippen LogP contribution < -0.4 is 50.1 Å². The van der Waals surface area contributed by atoms with E-state index in [1.807, 2.05) is 68.5 Å². The van der Waals surface area contributed by atoms with Crippen molar-refractivity contribution >= 4 is 35.2 Å². The Morgan fingerprint density at radius 1 is 0.618 bits per heavy atom. The predicted molar refractivity (Wildman–Crippen MR) is 257 cm³/mol. The predicted octanol–water partition coefficient (Wildman–Crippen LogP) is 6.61. The highest BCUT2D eigenvalue weighted by atomic mass is 32.2. The van der Waals surface area contributed by atoms with E-state index in [-0.39, 0.29) is 66.6 Å². The first kappa shape index (κ1) is 52.1. The Bertz CT molecular complexity index is 3110. The lowest BCUT2D eigenvalue weighted by Gasteiger charge is -2.15. The van der Waals surface area contributed by atoms with Gasteiger partial charge in [-0.05, 0) is 57.6 Å². The number of halogens is 3. The Morgan fingerprint density at radius 3 is 1.28 bits per heavy atom. The summed E-state index contributed by atoms with van der Waals surface area (Å²) in [5.41, 5.74) is 5.94. The summed E-state index contributed by atoms with van der Waals surface area (Å²) >= 11 is 2.13. The lowest BCUT2D eigenvalue weighted by Crippen LogP contribution is -2.33. The Hall–Kier alpha value is -8.51. The fourth-order valence-corrected chi connectivity index (χ4v) is 8.16. The number of rotatable bonds is 11. The minimum atomic E-state index is -4.50. The monoisotopic (exact) mass is 958 g/mol. The van der Waals surface area contributed by atoms with Gasteiger partial charge in [-0.25, -0.2) is 11.7 Å². The summed E-state index contributed by atoms with van der Waals surface area (Å²) in [6.45, 7) is 4.00. The number of nitrogens with one attached hydrogen (secondary N) is 4. The largest absolute Gasteiger partial charge is 0.497 e. The van der Waals surface area contributed by atoms with Crippen LogP contribution in [-0.4, -0.2) is 40.3 Å². The summed E-state index contributed by atoms with van der Waals surface area (Å²) in [6.07, 6.45) is -4.50. The average Bonchev–Trinajstić information content (AvgIpc) is 3.37. The fourth-order valence-electron chi connectivity index (χ4n) is 6.37. The van der Waals surface area contributed by atoms with Crippen LogP contribution in [0.2, 0.25) is 0 Å². The van der Waals surface area contributed by atoms with Crippen LogP contribution in [0.3, 0.4) is 0 Å². The average molecular weight is 959 g/mol. The quantitative estimate of drug-likeness (QED) is 0.0223. The third-order valence-electron chi connectivity index (χ3n) is 9.48. The number of nitrogens with zero attached hydrogens (tertiary/aromatic N) is 6. The Labute approximate surface area is 395 Å². The van der Waals surface area contributed by atoms with Gasteiger partial charge in [0.1, 0.15) is 52.8 Å². The van der Waals surface area contributed by atoms with Crippen molar-refractivity contribution in [1.82, 2.24) is 20.8 Å². The summed E-state index contributed by atoms with van der Waals surface area (Å²) in [7, 11) is 1.58. The standard InChI is InChI=1S/C22H16F3N7OS.C22H19N7O2S.C2H6/c23-22(24,25)13-7-5-12(6-8-13)14-3-1-2-4-15(14)19-16(9-26)20(33)30-21(17(19)10-27)34-11-18(31-28)32-29;1-31-14-8-6-13(7-9-14)15-4-2-3-5-16(15)20-17(10-23)21(30)27-22(18(20)11-24)32-12-19(28-25)29-26;1-2/h1-8H,11,28-29H2,(H,30,33)(H,31,32);2-9H,12,25-26H2,1H3,(H,27,30)(H,28,29);1-2H3. The molecule has 4 aromatic carbocycles. The zero-order valence-electron chi connectivity index (χ0n) is 36.3. The Kier molecular flexibility index (Phi) is 18.9. The summed E-state index contributed by atoms with van der Waals surface area (Å²) in [6, 6.07) is 33.6. The lowest BCUT2D eigenvalue weighted by molar-refractivity contribution is -0.137. The fraction of sp³-hybridized carbons (Fsp3) is 0.130. The number of aromatic amines is 2. The highest BCUT2D eigenvalue weighted by Crippen LogP contribution is 2.40. The van der Waals surface area contributed by atoms with Gasteiger partial charge in [-0.1, -0.05) is 110 Å². The van der Waals surface area contributed by atoms with Crippen molar-refractivity contribution in [2.45, 2.75) is 30.1 Å². The highest BCUT2D eigenvalue weighted by molar-refractivity contribution is 8.00. The summed E-state index contributed by atoms with van der Waals surface area (Å²) in [4.78, 5) is 30.6. The zero-order chi connectivity index (χ0) is 50.0. The minimum absolute atomic E-state index is 0.00824. The Balaban J connectivity index is 0.000000287. The molecule has 0 aliphatic heterocycles. The van der Waals surface area contributed by atoms with Crippen molar-refractivity contribution in [1.29, 1.82) is 21.0 Å². The van der Waals surface area contributed by atoms with Crippen LogP contribution in [0.5, 0.6) is 5.75 Å². The molecule has 0 amide bonds. The number of amidine groups is 2. The van der Waals surface area contributed by atoms with Crippen molar-refractivity contribution < 1.29 is 17.9 Å². The molecule has 0 aliphatic rings. The van der Waals surface area contributed by atoms with E-state index in [1.165, 1.54) is 12.1 Å². The van der Waals surface area contributed by atoms with Gasteiger partial charge in [-0.2, -0.15) is 44.4 Å². The molecule has 0 atom stereocenters. The molecule has 2 aromatic heterocycles. The van der Waals surface area contributed by atoms with Crippen molar-refractivity contribution in [3.63, 3.8) is 0 Å². The summed E-state index contributed by atoms with van der Waals surface area (Å²) in [5.74, 6) is 22.6. The molecular weight excluding hydrogens is 918 g/mol. The van der Waals surface area contributed by atoms with Gasteiger partial charge in [-0.3, -0.25) is 9.59 Å². The van der Waals surface area contributed by atoms with Gasteiger partial charge in [0.25, 0.3) is 11.1 Å². The van der Waals surface area contributed by atoms with Gasteiger partial charge in [0.2, 0.25) is 0 Å². The van der Waals surface area contributed by atoms with Gasteiger partial charge < -0.3 is 37.2 Å². The molecular formula is C46H41F3N14O3S2. The van der Waals surface area contributed by atoms with E-state index in [0.717, 1.165) is 46.8 Å². The van der Waals surface area contributed by atoms with E-state index in [9.17, 15) is 43.8 Å². The molecule has 6 aromatic rings. The van der Waals surface area contributed by atoms with Gasteiger partial charge in [-0.15, -0.1) is 0 Å². The second kappa shape index (κ2) is 24.7. The first-order valence-corrected chi connectivity index (χ1v) is 21.7. The summed E-state index contributed by atoms with van der Waals surface area (Å²) < 4.78 is 44.2. The molecule has 12 N–H and O–H groups in total. The summed E-state index contributed by atoms with van der Waals surface area (Å²) in [5, 5.41) is 46.7. The molecule has 0 bridgehead atoms. The maximum Gasteiger partial charge on any atom is 0.416 e. The molecule has 0 saturated heterocycles. The number of alkyl halides is 3. The van der Waals surface area contributed by atoms with Gasteiger partial charge in [0, 0.05) is 11.1 Å². The minimum Gasteiger partial charge on any atom is -0.497 e. The molecule has 0 radical (unpaired) electrons. The number of methoxy groups -OCH3 is 1. The second-order valence-electron chi connectivity index (χ2n) is 13.2. The van der Waals surface area contributed by atoms with Gasteiger partial charge in [0.05, 0.1) is 45.4 Å². The van der Waals surface area contributed by atoms with Gasteiger partial charge in [0.15, 0.2) is 0 Å². The highest BCUT2D eigenvalue weighted by Gasteiger charge is 2.30. The number of ether oxygens (including phenoxy) is 1. The second-order valence-corrected chi connectivity index (χ2v) is 15.1. The molecule has 0 unspecified atom stereocenters. The van der Waals surface area contributed by atoms with E-state index < -0.39 is 22.9 Å². The van der Waals surface area contributed by atoms with Crippen molar-refractivity contribution in [3.05, 3.63) is 146 Å². The number of thioether (sulfide) groups is 2. The molecule has 6 rings (SSSR count). The number of hydrogen-bond donors (Lipinski definition) is 8. The van der Waals surface area contributed by atoms with Crippen LogP contribution in [0.25, 0.3) is 44.5 Å². The van der Waals surface area contributed by atoms with Gasteiger partial charge >= 0.3 is 6.18 Å². The SMILES string of the molecule is CC.COc1ccc(-c2ccccc2-c2c(C#N)c(SC/C(=N/N)NN)[nH]c(=O)c2C#N)cc1.N#Cc1c(SC/C(=N/N)NN)[nH]c(=O)c(C#N)c1-c1ccccc1-c1ccc(C(F)(F)F)cc1. The zero-order valence-corrected chi connectivity index (χ0v) is 38.0. The van der Waals surface area contributed by atoms with Crippen LogP contribution >= 0.6 is 23.5 Å². The number of nitriles is 4. The number of hydrazone groups is 2. The lowest BCUT2D eigenvalue weighted by atomic mass is 9.90. The number of pyridine rings is 2. The maximum absolute atomic E-state index is 13.0. The van der Waals surface area contributed by atoms with Crippen molar-refractivity contribution in [2.75, 3.05) is 18.6 Å². The number of hydrogen-bond acceptors (Lipinski definition) is 15. The van der Waals surface area contributed by atoms with Crippen LogP contribution in [0, 0.1) is 45.3 Å². The molecule has 346 valence electrons. The van der Waals surface area contributed by atoms with Crippen molar-refractivity contribution in [2.24, 2.45) is 33.6 Å². The Morgan fingerprint density at radius 2 is 0.971 bits per heavy atom. The van der Waals surface area contributed by atoms with Crippen LogP contribution in [0.4, 0.5) is 13.2 Å². The van der Waals surface area contributed by atoms with E-state index in [0.29, 0.717) is 28.0 Å². The molecule has 2 heterocycles. The molecule has 22 heteroatoms. The first-order valence-electron chi connectivity index (χ1n) is 19.8. The van der Waals surface area contributed by atoms with Crippen LogP contribution in [0.15, 0.2) is 127 Å². The van der Waals surface area contributed by atoms with Crippen LogP contribution in [-0.2, 0) is 6.18 Å². The molecule has 17 nitrogen and oxygen atoms in total. The maximum atomic E-state index is 13.0. The number of aromatic nitrogens is 2. The van der Waals surface area contributed by atoms with Crippen LogP contribution in [0.1, 0.15) is 41.7 Å². The number of H-pyrrole nitrogens is 2. The molecule has 0 aliphatic carbocycles. The number of hydrazine groups is 2. The number of nitrogens with two attached hydrogens (primary N) is 4. The molecule has 0 spiro atoms. The number of benzene rings is 4. The third kappa shape index (κ3) is 12.0.